The van der Waals surface area contributed by atoms with Crippen LogP contribution in [-0.4, -0.2) is 27.4 Å². The molecule has 1 aliphatic heterocycles. The summed E-state index contributed by atoms with van der Waals surface area (Å²) in [5.41, 5.74) is 2.07. The van der Waals surface area contributed by atoms with E-state index in [0.717, 1.165) is 17.7 Å². The lowest BCUT2D eigenvalue weighted by Gasteiger charge is -2.17. The Bertz CT molecular complexity index is 850. The van der Waals surface area contributed by atoms with Gasteiger partial charge in [0.25, 0.3) is 0 Å². The number of rotatable bonds is 5. The molecule has 7 heteroatoms. The summed E-state index contributed by atoms with van der Waals surface area (Å²) in [5, 5.41) is 0.469. The van der Waals surface area contributed by atoms with Crippen LogP contribution in [0.5, 0.6) is 0 Å². The Kier molecular flexibility index (Phi) is 4.89. The van der Waals surface area contributed by atoms with E-state index in [9.17, 15) is 13.2 Å². The SMILES string of the molecule is O=C(CCNS(=O)(=O)c1ccc(Cl)cc1)N1CCc2ccccc21. The van der Waals surface area contributed by atoms with Crippen LogP contribution in [0.3, 0.4) is 0 Å². The fourth-order valence-corrected chi connectivity index (χ4v) is 3.88. The second-order valence-corrected chi connectivity index (χ2v) is 7.73. The van der Waals surface area contributed by atoms with Gasteiger partial charge in [-0.2, -0.15) is 0 Å². The fraction of sp³-hybridized carbons (Fsp3) is 0.235. The van der Waals surface area contributed by atoms with Gasteiger partial charge in [-0.05, 0) is 42.3 Å². The smallest absolute Gasteiger partial charge is 0.240 e. The van der Waals surface area contributed by atoms with Crippen LogP contribution in [-0.2, 0) is 21.2 Å². The van der Waals surface area contributed by atoms with Gasteiger partial charge in [-0.3, -0.25) is 4.79 Å². The molecule has 1 aliphatic rings. The molecular weight excluding hydrogens is 348 g/mol. The van der Waals surface area contributed by atoms with Gasteiger partial charge in [0.2, 0.25) is 15.9 Å². The highest BCUT2D eigenvalue weighted by Gasteiger charge is 2.24. The van der Waals surface area contributed by atoms with Crippen molar-refractivity contribution >= 4 is 33.2 Å². The van der Waals surface area contributed by atoms with E-state index >= 15 is 0 Å². The monoisotopic (exact) mass is 364 g/mol. The number of halogens is 1. The van der Waals surface area contributed by atoms with Crippen molar-refractivity contribution in [3.05, 3.63) is 59.1 Å². The zero-order valence-electron chi connectivity index (χ0n) is 12.9. The van der Waals surface area contributed by atoms with Gasteiger partial charge in [-0.1, -0.05) is 29.8 Å². The first-order valence-electron chi connectivity index (χ1n) is 7.61. The summed E-state index contributed by atoms with van der Waals surface area (Å²) in [4.78, 5) is 14.2. The maximum Gasteiger partial charge on any atom is 0.240 e. The lowest BCUT2D eigenvalue weighted by Crippen LogP contribution is -2.33. The number of carbonyl (C=O) groups excluding carboxylic acids is 1. The molecule has 0 bridgehead atoms. The van der Waals surface area contributed by atoms with E-state index in [4.69, 9.17) is 11.6 Å². The molecule has 0 saturated carbocycles. The number of hydrogen-bond acceptors (Lipinski definition) is 3. The summed E-state index contributed by atoms with van der Waals surface area (Å²) in [7, 11) is -3.64. The molecule has 0 fully saturated rings. The number of para-hydroxylation sites is 1. The highest BCUT2D eigenvalue weighted by atomic mass is 35.5. The molecule has 3 rings (SSSR count). The highest BCUT2D eigenvalue weighted by molar-refractivity contribution is 7.89. The van der Waals surface area contributed by atoms with Gasteiger partial charge in [0.15, 0.2) is 0 Å². The summed E-state index contributed by atoms with van der Waals surface area (Å²) in [6, 6.07) is 13.7. The Morgan fingerprint density at radius 2 is 1.83 bits per heavy atom. The van der Waals surface area contributed by atoms with Crippen molar-refractivity contribution in [3.8, 4) is 0 Å². The van der Waals surface area contributed by atoms with Gasteiger partial charge < -0.3 is 4.90 Å². The summed E-state index contributed by atoms with van der Waals surface area (Å²) < 4.78 is 26.8. The van der Waals surface area contributed by atoms with Crippen LogP contribution < -0.4 is 9.62 Å². The van der Waals surface area contributed by atoms with E-state index in [2.05, 4.69) is 4.72 Å². The average molecular weight is 365 g/mol. The molecule has 0 saturated heterocycles. The van der Waals surface area contributed by atoms with Crippen LogP contribution in [0.4, 0.5) is 5.69 Å². The predicted octanol–water partition coefficient (Wildman–Crippen LogP) is 2.60. The second kappa shape index (κ2) is 6.93. The van der Waals surface area contributed by atoms with Crippen molar-refractivity contribution in [2.75, 3.05) is 18.0 Å². The van der Waals surface area contributed by atoms with E-state index in [0.29, 0.717) is 11.6 Å². The van der Waals surface area contributed by atoms with Gasteiger partial charge in [-0.25, -0.2) is 13.1 Å². The number of amides is 1. The maximum absolute atomic E-state index is 12.3. The number of benzene rings is 2. The molecule has 0 unspecified atom stereocenters. The fourth-order valence-electron chi connectivity index (χ4n) is 2.72. The maximum atomic E-state index is 12.3. The molecule has 0 aromatic heterocycles. The third kappa shape index (κ3) is 3.61. The minimum Gasteiger partial charge on any atom is -0.312 e. The molecular formula is C17H17ClN2O3S. The predicted molar refractivity (Wildman–Crippen MR) is 93.8 cm³/mol. The van der Waals surface area contributed by atoms with Gasteiger partial charge in [-0.15, -0.1) is 0 Å². The summed E-state index contributed by atoms with van der Waals surface area (Å²) >= 11 is 5.76. The number of nitrogens with one attached hydrogen (secondary N) is 1. The Hall–Kier alpha value is -1.89. The average Bonchev–Trinajstić information content (AvgIpc) is 2.99. The normalized spacial score (nSPS) is 13.8. The molecule has 1 amide bonds. The first kappa shape index (κ1) is 17.0. The Morgan fingerprint density at radius 3 is 2.58 bits per heavy atom. The Balaban J connectivity index is 1.59. The van der Waals surface area contributed by atoms with Crippen LogP contribution in [0.1, 0.15) is 12.0 Å². The van der Waals surface area contributed by atoms with Crippen molar-refractivity contribution in [2.45, 2.75) is 17.7 Å². The lowest BCUT2D eigenvalue weighted by atomic mass is 10.2. The van der Waals surface area contributed by atoms with Crippen molar-refractivity contribution in [3.63, 3.8) is 0 Å². The van der Waals surface area contributed by atoms with Gasteiger partial charge in [0.05, 0.1) is 4.90 Å². The molecule has 0 spiro atoms. The molecule has 2 aromatic carbocycles. The molecule has 0 radical (unpaired) electrons. The number of anilines is 1. The van der Waals surface area contributed by atoms with E-state index in [1.807, 2.05) is 24.3 Å². The molecule has 0 aliphatic carbocycles. The zero-order valence-corrected chi connectivity index (χ0v) is 14.5. The summed E-state index contributed by atoms with van der Waals surface area (Å²) in [6.07, 6.45) is 0.944. The van der Waals surface area contributed by atoms with Crippen molar-refractivity contribution < 1.29 is 13.2 Å². The first-order valence-corrected chi connectivity index (χ1v) is 9.47. The van der Waals surface area contributed by atoms with E-state index in [1.165, 1.54) is 24.3 Å². The lowest BCUT2D eigenvalue weighted by molar-refractivity contribution is -0.118. The standard InChI is InChI=1S/C17H17ClN2O3S/c18-14-5-7-15(8-6-14)24(22,23)19-11-9-17(21)20-12-10-13-3-1-2-4-16(13)20/h1-8,19H,9-12H2. The van der Waals surface area contributed by atoms with Crippen LogP contribution in [0.2, 0.25) is 5.02 Å². The summed E-state index contributed by atoms with van der Waals surface area (Å²) in [5.74, 6) is -0.0845. The van der Waals surface area contributed by atoms with E-state index < -0.39 is 10.0 Å². The number of carbonyl (C=O) groups is 1. The summed E-state index contributed by atoms with van der Waals surface area (Å²) in [6.45, 7) is 0.699. The Labute approximate surface area is 146 Å². The minimum atomic E-state index is -3.64. The highest BCUT2D eigenvalue weighted by Crippen LogP contribution is 2.27. The van der Waals surface area contributed by atoms with Gasteiger partial charge >= 0.3 is 0 Å². The molecule has 24 heavy (non-hydrogen) atoms. The number of fused-ring (bicyclic) bond motifs is 1. The van der Waals surface area contributed by atoms with Crippen LogP contribution >= 0.6 is 11.6 Å². The third-order valence-electron chi connectivity index (χ3n) is 3.94. The number of sulfonamides is 1. The van der Waals surface area contributed by atoms with Crippen molar-refractivity contribution in [1.29, 1.82) is 0 Å². The van der Waals surface area contributed by atoms with Gasteiger partial charge in [0.1, 0.15) is 0 Å². The van der Waals surface area contributed by atoms with E-state index in [-0.39, 0.29) is 23.8 Å². The van der Waals surface area contributed by atoms with Crippen LogP contribution in [0, 0.1) is 0 Å². The number of nitrogens with zero attached hydrogens (tertiary/aromatic N) is 1. The third-order valence-corrected chi connectivity index (χ3v) is 5.67. The Morgan fingerprint density at radius 1 is 1.12 bits per heavy atom. The minimum absolute atomic E-state index is 0.0580. The molecule has 1 N–H and O–H groups in total. The largest absolute Gasteiger partial charge is 0.312 e. The number of hydrogen-bond donors (Lipinski definition) is 1. The second-order valence-electron chi connectivity index (χ2n) is 5.53. The van der Waals surface area contributed by atoms with E-state index in [1.54, 1.807) is 4.90 Å². The van der Waals surface area contributed by atoms with Crippen LogP contribution in [0.25, 0.3) is 0 Å². The van der Waals surface area contributed by atoms with Crippen molar-refractivity contribution in [2.24, 2.45) is 0 Å². The molecule has 5 nitrogen and oxygen atoms in total. The quantitative estimate of drug-likeness (QED) is 0.886. The van der Waals surface area contributed by atoms with Crippen LogP contribution in [0.15, 0.2) is 53.4 Å². The molecule has 126 valence electrons. The first-order chi connectivity index (χ1) is 11.5. The zero-order chi connectivity index (χ0) is 17.2. The molecule has 2 aromatic rings. The topological polar surface area (TPSA) is 66.5 Å². The molecule has 1 heterocycles. The van der Waals surface area contributed by atoms with Gasteiger partial charge in [0, 0.05) is 30.2 Å². The van der Waals surface area contributed by atoms with Crippen molar-refractivity contribution in [1.82, 2.24) is 4.72 Å². The molecule has 0 atom stereocenters.